The van der Waals surface area contributed by atoms with Crippen molar-refractivity contribution in [3.05, 3.63) is 65.5 Å². The molecular weight excluding hydrogens is 510 g/mol. The summed E-state index contributed by atoms with van der Waals surface area (Å²) in [5.74, 6) is 1.37. The number of ether oxygens (including phenoxy) is 2. The van der Waals surface area contributed by atoms with Crippen LogP contribution in [0.2, 0.25) is 0 Å². The topological polar surface area (TPSA) is 58.1 Å². The number of methoxy groups -OCH3 is 1. The summed E-state index contributed by atoms with van der Waals surface area (Å²) in [6.45, 7) is 7.18. The van der Waals surface area contributed by atoms with E-state index in [4.69, 9.17) is 14.5 Å². The molecule has 170 valence electrons. The Balaban J connectivity index is 0.00000341. The van der Waals surface area contributed by atoms with E-state index in [2.05, 4.69) is 15.5 Å². The van der Waals surface area contributed by atoms with Gasteiger partial charge in [-0.1, -0.05) is 24.3 Å². The zero-order chi connectivity index (χ0) is 21.2. The van der Waals surface area contributed by atoms with Gasteiger partial charge in [-0.2, -0.15) is 0 Å². The molecule has 8 heteroatoms. The third-order valence-corrected chi connectivity index (χ3v) is 5.13. The number of morpholine rings is 1. The Bertz CT molecular complexity index is 796. The molecule has 0 bridgehead atoms. The van der Waals surface area contributed by atoms with E-state index in [1.54, 1.807) is 7.11 Å². The maximum atomic E-state index is 13.4. The van der Waals surface area contributed by atoms with Crippen molar-refractivity contribution >= 4 is 29.9 Å². The quantitative estimate of drug-likeness (QED) is 0.304. The number of nitrogens with one attached hydrogen (secondary N) is 2. The van der Waals surface area contributed by atoms with Crippen LogP contribution in [-0.4, -0.2) is 57.4 Å². The normalized spacial score (nSPS) is 15.6. The van der Waals surface area contributed by atoms with Crippen LogP contribution < -0.4 is 15.4 Å². The highest BCUT2D eigenvalue weighted by Crippen LogP contribution is 2.21. The molecule has 1 aliphatic heterocycles. The second-order valence-corrected chi connectivity index (χ2v) is 7.14. The number of rotatable bonds is 8. The van der Waals surface area contributed by atoms with Crippen molar-refractivity contribution in [2.24, 2.45) is 4.99 Å². The van der Waals surface area contributed by atoms with E-state index in [0.717, 1.165) is 42.5 Å². The lowest BCUT2D eigenvalue weighted by atomic mass is 10.0. The molecule has 2 aromatic rings. The highest BCUT2D eigenvalue weighted by molar-refractivity contribution is 14.0. The second kappa shape index (κ2) is 13.5. The molecule has 0 aliphatic carbocycles. The lowest BCUT2D eigenvalue weighted by Gasteiger charge is -2.35. The number of guanidine groups is 1. The highest BCUT2D eigenvalue weighted by atomic mass is 127. The number of halogens is 2. The molecule has 0 saturated carbocycles. The predicted octanol–water partition coefficient (Wildman–Crippen LogP) is 3.58. The number of hydrogen-bond acceptors (Lipinski definition) is 4. The van der Waals surface area contributed by atoms with Gasteiger partial charge in [0, 0.05) is 26.2 Å². The van der Waals surface area contributed by atoms with Crippen LogP contribution >= 0.6 is 24.0 Å². The van der Waals surface area contributed by atoms with Gasteiger partial charge in [-0.3, -0.25) is 4.90 Å². The van der Waals surface area contributed by atoms with Crippen molar-refractivity contribution in [1.29, 1.82) is 0 Å². The number of aliphatic imine (C=N–C) groups is 1. The minimum Gasteiger partial charge on any atom is -0.497 e. The van der Waals surface area contributed by atoms with Gasteiger partial charge < -0.3 is 20.1 Å². The summed E-state index contributed by atoms with van der Waals surface area (Å²) in [5.41, 5.74) is 2.19. The van der Waals surface area contributed by atoms with Crippen LogP contribution in [0.3, 0.4) is 0 Å². The van der Waals surface area contributed by atoms with E-state index < -0.39 is 0 Å². The molecule has 31 heavy (non-hydrogen) atoms. The Morgan fingerprint density at radius 2 is 1.77 bits per heavy atom. The zero-order valence-electron chi connectivity index (χ0n) is 18.1. The molecule has 1 atom stereocenters. The average Bonchev–Trinajstić information content (AvgIpc) is 2.79. The Hall–Kier alpha value is -1.91. The van der Waals surface area contributed by atoms with Gasteiger partial charge in [0.15, 0.2) is 5.96 Å². The predicted molar refractivity (Wildman–Crippen MR) is 133 cm³/mol. The molecule has 0 amide bonds. The summed E-state index contributed by atoms with van der Waals surface area (Å²) in [6.07, 6.45) is 0. The standard InChI is InChI=1S/C23H31FN4O2.HI/c1-3-25-23(26-16-18-4-10-21(29-2)11-5-18)27-17-22(28-12-14-30-15-13-28)19-6-8-20(24)9-7-19;/h4-11,22H,3,12-17H2,1-2H3,(H2,25,26,27);1H. The molecule has 0 spiro atoms. The first-order valence-electron chi connectivity index (χ1n) is 10.4. The zero-order valence-corrected chi connectivity index (χ0v) is 20.5. The fraction of sp³-hybridized carbons (Fsp3) is 0.435. The third-order valence-electron chi connectivity index (χ3n) is 5.13. The first kappa shape index (κ1) is 25.4. The summed E-state index contributed by atoms with van der Waals surface area (Å²) < 4.78 is 24.1. The van der Waals surface area contributed by atoms with E-state index in [0.29, 0.717) is 26.3 Å². The maximum absolute atomic E-state index is 13.4. The Morgan fingerprint density at radius 1 is 1.10 bits per heavy atom. The summed E-state index contributed by atoms with van der Waals surface area (Å²) >= 11 is 0. The minimum atomic E-state index is -0.221. The van der Waals surface area contributed by atoms with Crippen LogP contribution in [0.1, 0.15) is 24.1 Å². The van der Waals surface area contributed by atoms with Gasteiger partial charge in [0.05, 0.1) is 32.9 Å². The van der Waals surface area contributed by atoms with Gasteiger partial charge in [0.1, 0.15) is 11.6 Å². The van der Waals surface area contributed by atoms with Crippen molar-refractivity contribution in [2.45, 2.75) is 19.5 Å². The van der Waals surface area contributed by atoms with E-state index in [9.17, 15) is 4.39 Å². The molecule has 3 rings (SSSR count). The summed E-state index contributed by atoms with van der Waals surface area (Å²) in [7, 11) is 1.66. The summed E-state index contributed by atoms with van der Waals surface area (Å²) in [4.78, 5) is 7.09. The van der Waals surface area contributed by atoms with Crippen LogP contribution in [-0.2, 0) is 11.3 Å². The summed E-state index contributed by atoms with van der Waals surface area (Å²) in [5, 5.41) is 6.77. The van der Waals surface area contributed by atoms with E-state index >= 15 is 0 Å². The molecule has 6 nitrogen and oxygen atoms in total. The molecule has 2 aromatic carbocycles. The molecule has 1 aliphatic rings. The van der Waals surface area contributed by atoms with Gasteiger partial charge in [-0.25, -0.2) is 9.38 Å². The molecule has 0 radical (unpaired) electrons. The van der Waals surface area contributed by atoms with Gasteiger partial charge in [0.25, 0.3) is 0 Å². The van der Waals surface area contributed by atoms with Crippen molar-refractivity contribution in [1.82, 2.24) is 15.5 Å². The minimum absolute atomic E-state index is 0. The Kier molecular flexibility index (Phi) is 11.0. The van der Waals surface area contributed by atoms with Gasteiger partial charge >= 0.3 is 0 Å². The van der Waals surface area contributed by atoms with E-state index in [-0.39, 0.29) is 35.8 Å². The number of benzene rings is 2. The Morgan fingerprint density at radius 3 is 2.39 bits per heavy atom. The lowest BCUT2D eigenvalue weighted by Crippen LogP contribution is -2.46. The van der Waals surface area contributed by atoms with Crippen LogP contribution in [0.25, 0.3) is 0 Å². The molecule has 1 unspecified atom stereocenters. The second-order valence-electron chi connectivity index (χ2n) is 7.14. The molecule has 2 N–H and O–H groups in total. The fourth-order valence-electron chi connectivity index (χ4n) is 3.47. The van der Waals surface area contributed by atoms with Crippen molar-refractivity contribution in [3.8, 4) is 5.75 Å². The first-order valence-corrected chi connectivity index (χ1v) is 10.4. The van der Waals surface area contributed by atoms with Crippen LogP contribution in [0.4, 0.5) is 4.39 Å². The van der Waals surface area contributed by atoms with Crippen LogP contribution in [0.5, 0.6) is 5.75 Å². The number of hydrogen-bond donors (Lipinski definition) is 2. The SMILES string of the molecule is CCNC(=NCc1ccc(OC)cc1)NCC(c1ccc(F)cc1)N1CCOCC1.I. The largest absolute Gasteiger partial charge is 0.497 e. The highest BCUT2D eigenvalue weighted by Gasteiger charge is 2.23. The van der Waals surface area contributed by atoms with Crippen molar-refractivity contribution in [3.63, 3.8) is 0 Å². The molecule has 1 saturated heterocycles. The Labute approximate surface area is 201 Å². The van der Waals surface area contributed by atoms with Gasteiger partial charge in [-0.05, 0) is 42.3 Å². The van der Waals surface area contributed by atoms with Crippen LogP contribution in [0, 0.1) is 5.82 Å². The number of nitrogens with zero attached hydrogens (tertiary/aromatic N) is 2. The average molecular weight is 542 g/mol. The first-order chi connectivity index (χ1) is 14.7. The van der Waals surface area contributed by atoms with Gasteiger partial charge in [0.2, 0.25) is 0 Å². The monoisotopic (exact) mass is 542 g/mol. The van der Waals surface area contributed by atoms with Crippen LogP contribution in [0.15, 0.2) is 53.5 Å². The summed E-state index contributed by atoms with van der Waals surface area (Å²) in [6, 6.07) is 14.8. The third kappa shape index (κ3) is 7.93. The van der Waals surface area contributed by atoms with Crippen molar-refractivity contribution < 1.29 is 13.9 Å². The fourth-order valence-corrected chi connectivity index (χ4v) is 3.47. The molecular formula is C23H32FIN4O2. The maximum Gasteiger partial charge on any atom is 0.191 e. The lowest BCUT2D eigenvalue weighted by molar-refractivity contribution is 0.0170. The molecule has 1 fully saturated rings. The molecule has 1 heterocycles. The smallest absolute Gasteiger partial charge is 0.191 e. The molecule has 0 aromatic heterocycles. The van der Waals surface area contributed by atoms with E-state index in [1.165, 1.54) is 12.1 Å². The van der Waals surface area contributed by atoms with Crippen molar-refractivity contribution in [2.75, 3.05) is 46.5 Å². The van der Waals surface area contributed by atoms with Gasteiger partial charge in [-0.15, -0.1) is 24.0 Å². The van der Waals surface area contributed by atoms with E-state index in [1.807, 2.05) is 43.3 Å².